The Bertz CT molecular complexity index is 1050. The molecule has 0 saturated heterocycles. The van der Waals surface area contributed by atoms with Gasteiger partial charge in [-0.1, -0.05) is 49.3 Å². The summed E-state index contributed by atoms with van der Waals surface area (Å²) in [4.78, 5) is 30.7. The molecule has 2 aliphatic rings. The molecule has 1 aromatic heterocycles. The first-order valence-electron chi connectivity index (χ1n) is 10.2. The van der Waals surface area contributed by atoms with Crippen molar-refractivity contribution in [2.45, 2.75) is 51.0 Å². The van der Waals surface area contributed by atoms with Crippen LogP contribution in [0.5, 0.6) is 5.75 Å². The summed E-state index contributed by atoms with van der Waals surface area (Å²) < 4.78 is 1.75. The quantitative estimate of drug-likeness (QED) is 0.866. The van der Waals surface area contributed by atoms with Gasteiger partial charge in [-0.15, -0.1) is 0 Å². The van der Waals surface area contributed by atoms with E-state index < -0.39 is 11.3 Å². The second kappa shape index (κ2) is 7.17. The van der Waals surface area contributed by atoms with Gasteiger partial charge in [0.2, 0.25) is 5.75 Å². The van der Waals surface area contributed by atoms with Crippen LogP contribution in [-0.4, -0.2) is 39.1 Å². The van der Waals surface area contributed by atoms with E-state index in [0.29, 0.717) is 25.3 Å². The summed E-state index contributed by atoms with van der Waals surface area (Å²) in [7, 11) is 1.68. The van der Waals surface area contributed by atoms with Crippen molar-refractivity contribution in [3.8, 4) is 5.75 Å². The Morgan fingerprint density at radius 1 is 1.24 bits per heavy atom. The van der Waals surface area contributed by atoms with Crippen molar-refractivity contribution in [3.05, 3.63) is 63.8 Å². The average molecular weight is 393 g/mol. The molecule has 1 aliphatic heterocycles. The Hall–Kier alpha value is -2.89. The molecule has 1 N–H and O–H groups in total. The van der Waals surface area contributed by atoms with Crippen LogP contribution in [0.15, 0.2) is 35.6 Å². The molecule has 1 saturated carbocycles. The number of nitrogens with zero attached hydrogens (tertiary/aromatic N) is 3. The van der Waals surface area contributed by atoms with Gasteiger partial charge in [-0.2, -0.15) is 4.98 Å². The SMILES string of the molecule is C=C(C)c1cccc(C2(Cc3nc(=O)c(O)c4n3CCN(C)C4=O)CCCC2)c1. The van der Waals surface area contributed by atoms with Crippen molar-refractivity contribution in [1.29, 1.82) is 0 Å². The molecule has 1 amide bonds. The fourth-order valence-corrected chi connectivity index (χ4v) is 4.75. The average Bonchev–Trinajstić information content (AvgIpc) is 3.18. The van der Waals surface area contributed by atoms with Crippen molar-refractivity contribution in [3.63, 3.8) is 0 Å². The lowest BCUT2D eigenvalue weighted by Crippen LogP contribution is -2.42. The second-order valence-corrected chi connectivity index (χ2v) is 8.43. The molecule has 6 heteroatoms. The number of hydrogen-bond acceptors (Lipinski definition) is 4. The molecule has 0 bridgehead atoms. The van der Waals surface area contributed by atoms with Crippen molar-refractivity contribution in [1.82, 2.24) is 14.5 Å². The maximum Gasteiger partial charge on any atom is 0.315 e. The predicted molar refractivity (Wildman–Crippen MR) is 112 cm³/mol. The highest BCUT2D eigenvalue weighted by atomic mass is 16.3. The number of rotatable bonds is 4. The van der Waals surface area contributed by atoms with E-state index in [2.05, 4.69) is 35.8 Å². The molecule has 0 spiro atoms. The first-order valence-corrected chi connectivity index (χ1v) is 10.2. The fraction of sp³-hybridized carbons (Fsp3) is 0.435. The molecule has 0 radical (unpaired) electrons. The third kappa shape index (κ3) is 3.26. The number of fused-ring (bicyclic) bond motifs is 1. The Morgan fingerprint density at radius 2 is 1.97 bits per heavy atom. The number of carbonyl (C=O) groups excluding carboxylic acids is 1. The van der Waals surface area contributed by atoms with Gasteiger partial charge >= 0.3 is 5.56 Å². The van der Waals surface area contributed by atoms with Crippen LogP contribution in [0.4, 0.5) is 0 Å². The van der Waals surface area contributed by atoms with E-state index in [0.717, 1.165) is 36.8 Å². The maximum atomic E-state index is 12.6. The van der Waals surface area contributed by atoms with E-state index >= 15 is 0 Å². The number of allylic oxidation sites excluding steroid dienone is 1. The summed E-state index contributed by atoms with van der Waals surface area (Å²) in [6.45, 7) is 7.12. The van der Waals surface area contributed by atoms with Crippen LogP contribution < -0.4 is 5.56 Å². The third-order valence-electron chi connectivity index (χ3n) is 6.47. The Balaban J connectivity index is 1.82. The second-order valence-electron chi connectivity index (χ2n) is 8.43. The predicted octanol–water partition coefficient (Wildman–Crippen LogP) is 3.12. The van der Waals surface area contributed by atoms with Gasteiger partial charge in [0.15, 0.2) is 5.69 Å². The lowest BCUT2D eigenvalue weighted by atomic mass is 9.75. The molecular formula is C23H27N3O3. The van der Waals surface area contributed by atoms with Gasteiger partial charge in [0, 0.05) is 32.0 Å². The molecule has 2 heterocycles. The molecule has 0 atom stereocenters. The molecule has 1 aliphatic carbocycles. The molecule has 4 rings (SSSR count). The van der Waals surface area contributed by atoms with Crippen molar-refractivity contribution >= 4 is 11.5 Å². The van der Waals surface area contributed by atoms with Gasteiger partial charge in [0.25, 0.3) is 5.91 Å². The number of carbonyl (C=O) groups is 1. The highest BCUT2D eigenvalue weighted by molar-refractivity contribution is 5.95. The third-order valence-corrected chi connectivity index (χ3v) is 6.47. The molecule has 1 fully saturated rings. The van der Waals surface area contributed by atoms with Crippen molar-refractivity contribution in [2.75, 3.05) is 13.6 Å². The summed E-state index contributed by atoms with van der Waals surface area (Å²) >= 11 is 0. The molecule has 152 valence electrons. The molecule has 0 unspecified atom stereocenters. The number of likely N-dealkylation sites (N-methyl/N-ethyl adjacent to an activating group) is 1. The zero-order valence-electron chi connectivity index (χ0n) is 17.1. The minimum Gasteiger partial charge on any atom is -0.501 e. The summed E-state index contributed by atoms with van der Waals surface area (Å²) in [6, 6.07) is 8.46. The number of hydrogen-bond donors (Lipinski definition) is 1. The van der Waals surface area contributed by atoms with E-state index in [-0.39, 0.29) is 17.0 Å². The molecule has 2 aromatic rings. The topological polar surface area (TPSA) is 75.4 Å². The van der Waals surface area contributed by atoms with Crippen LogP contribution in [0.1, 0.15) is 60.0 Å². The van der Waals surface area contributed by atoms with Crippen LogP contribution in [0, 0.1) is 0 Å². The highest BCUT2D eigenvalue weighted by Gasteiger charge is 2.39. The minimum atomic E-state index is -0.723. The van der Waals surface area contributed by atoms with Crippen LogP contribution >= 0.6 is 0 Å². The standard InChI is InChI=1S/C23H27N3O3/c1-15(2)16-7-6-8-17(13-16)23(9-4-5-10-23)14-18-24-21(28)20(27)19-22(29)25(3)11-12-26(18)19/h6-8,13,27H,1,4-5,9-12,14H2,2-3H3. The number of amides is 1. The van der Waals surface area contributed by atoms with Gasteiger partial charge in [0.05, 0.1) is 0 Å². The maximum absolute atomic E-state index is 12.6. The van der Waals surface area contributed by atoms with Gasteiger partial charge in [0.1, 0.15) is 5.82 Å². The summed E-state index contributed by atoms with van der Waals surface area (Å²) in [5.41, 5.74) is 2.57. The van der Waals surface area contributed by atoms with E-state index in [4.69, 9.17) is 0 Å². The molecule has 6 nitrogen and oxygen atoms in total. The summed E-state index contributed by atoms with van der Waals surface area (Å²) in [5.74, 6) is -0.291. The van der Waals surface area contributed by atoms with Gasteiger partial charge in [-0.05, 0) is 30.9 Å². The summed E-state index contributed by atoms with van der Waals surface area (Å²) in [6.07, 6.45) is 4.83. The van der Waals surface area contributed by atoms with E-state index in [9.17, 15) is 14.7 Å². The Labute approximate surface area is 170 Å². The summed E-state index contributed by atoms with van der Waals surface area (Å²) in [5, 5.41) is 10.2. The van der Waals surface area contributed by atoms with Gasteiger partial charge in [-0.25, -0.2) is 0 Å². The van der Waals surface area contributed by atoms with E-state index in [1.54, 1.807) is 11.6 Å². The van der Waals surface area contributed by atoms with Crippen LogP contribution in [0.2, 0.25) is 0 Å². The van der Waals surface area contributed by atoms with Crippen LogP contribution in [0.25, 0.3) is 5.57 Å². The Kier molecular flexibility index (Phi) is 4.81. The number of benzene rings is 1. The Morgan fingerprint density at radius 3 is 2.66 bits per heavy atom. The minimum absolute atomic E-state index is 0.0672. The zero-order valence-corrected chi connectivity index (χ0v) is 17.1. The van der Waals surface area contributed by atoms with Gasteiger partial charge in [-0.3, -0.25) is 9.59 Å². The van der Waals surface area contributed by atoms with E-state index in [1.165, 1.54) is 10.5 Å². The number of aromatic nitrogens is 2. The number of aromatic hydroxyl groups is 1. The normalized spacial score (nSPS) is 18.0. The van der Waals surface area contributed by atoms with Gasteiger partial charge < -0.3 is 14.6 Å². The monoisotopic (exact) mass is 393 g/mol. The lowest BCUT2D eigenvalue weighted by molar-refractivity contribution is 0.0737. The molecule has 1 aromatic carbocycles. The first-order chi connectivity index (χ1) is 13.8. The molecule has 29 heavy (non-hydrogen) atoms. The van der Waals surface area contributed by atoms with Crippen molar-refractivity contribution in [2.24, 2.45) is 0 Å². The molecular weight excluding hydrogens is 366 g/mol. The van der Waals surface area contributed by atoms with Crippen LogP contribution in [0.3, 0.4) is 0 Å². The lowest BCUT2D eigenvalue weighted by Gasteiger charge is -2.33. The zero-order chi connectivity index (χ0) is 20.8. The fourth-order valence-electron chi connectivity index (χ4n) is 4.75. The van der Waals surface area contributed by atoms with E-state index in [1.807, 2.05) is 6.92 Å². The first kappa shape index (κ1) is 19.4. The largest absolute Gasteiger partial charge is 0.501 e. The van der Waals surface area contributed by atoms with Crippen LogP contribution in [-0.2, 0) is 18.4 Å². The highest BCUT2D eigenvalue weighted by Crippen LogP contribution is 2.44. The van der Waals surface area contributed by atoms with Crippen molar-refractivity contribution < 1.29 is 9.90 Å². The smallest absolute Gasteiger partial charge is 0.315 e.